The van der Waals surface area contributed by atoms with E-state index in [1.54, 1.807) is 6.08 Å². The van der Waals surface area contributed by atoms with Crippen molar-refractivity contribution >= 4 is 62.3 Å². The smallest absolute Gasteiger partial charge is 0.294 e. The molecule has 4 aromatic carbocycles. The van der Waals surface area contributed by atoms with Crippen molar-refractivity contribution in [2.45, 2.75) is 20.4 Å². The molecule has 2 heterocycles. The van der Waals surface area contributed by atoms with Crippen LogP contribution in [-0.4, -0.2) is 33.1 Å². The van der Waals surface area contributed by atoms with Gasteiger partial charge in [0.2, 0.25) is 5.91 Å². The summed E-state index contributed by atoms with van der Waals surface area (Å²) in [4.78, 5) is 39.9. The van der Waals surface area contributed by atoms with Gasteiger partial charge in [-0.2, -0.15) is 0 Å². The van der Waals surface area contributed by atoms with E-state index in [2.05, 4.69) is 46.3 Å². The van der Waals surface area contributed by atoms with Crippen molar-refractivity contribution in [1.29, 1.82) is 0 Å². The van der Waals surface area contributed by atoms with Gasteiger partial charge in [0.15, 0.2) is 0 Å². The lowest BCUT2D eigenvalue weighted by Crippen LogP contribution is -2.36. The third kappa shape index (κ3) is 5.16. The first-order valence-corrected chi connectivity index (χ1v) is 13.8. The standard InChI is InChI=1S/C33H27N3O3S/c1-21-13-22(2)15-27(14-21)34-31(37)20-36-32(38)30(40-33(36)39)17-26-19-35(29-10-6-5-9-28(26)29)18-23-11-12-24-7-3-4-8-25(24)16-23/h3-17,19H,18,20H2,1-2H3,(H,34,37)/b30-17-. The summed E-state index contributed by atoms with van der Waals surface area (Å²) in [6.07, 6.45) is 3.77. The lowest BCUT2D eigenvalue weighted by Gasteiger charge is -2.13. The lowest BCUT2D eigenvalue weighted by molar-refractivity contribution is -0.127. The van der Waals surface area contributed by atoms with Crippen LogP contribution in [0, 0.1) is 13.8 Å². The number of amides is 3. The molecule has 6 rings (SSSR count). The first kappa shape index (κ1) is 25.6. The highest BCUT2D eigenvalue weighted by molar-refractivity contribution is 8.18. The van der Waals surface area contributed by atoms with E-state index >= 15 is 0 Å². The first-order valence-electron chi connectivity index (χ1n) is 13.0. The Labute approximate surface area is 236 Å². The Morgan fingerprint density at radius 1 is 0.875 bits per heavy atom. The molecule has 1 fully saturated rings. The number of hydrogen-bond acceptors (Lipinski definition) is 4. The molecule has 198 valence electrons. The average Bonchev–Trinajstić information content (AvgIpc) is 3.39. The summed E-state index contributed by atoms with van der Waals surface area (Å²) in [6, 6.07) is 28.5. The molecule has 0 spiro atoms. The number of nitrogens with zero attached hydrogens (tertiary/aromatic N) is 2. The molecule has 1 aliphatic heterocycles. The van der Waals surface area contributed by atoms with Crippen LogP contribution in [0.15, 0.2) is 96.0 Å². The first-order chi connectivity index (χ1) is 19.3. The number of rotatable bonds is 6. The van der Waals surface area contributed by atoms with Gasteiger partial charge in [-0.25, -0.2) is 0 Å². The minimum absolute atomic E-state index is 0.304. The second-order valence-electron chi connectivity index (χ2n) is 10.1. The van der Waals surface area contributed by atoms with E-state index in [4.69, 9.17) is 0 Å². The molecule has 1 saturated heterocycles. The van der Waals surface area contributed by atoms with Crippen LogP contribution in [0.4, 0.5) is 10.5 Å². The summed E-state index contributed by atoms with van der Waals surface area (Å²) < 4.78 is 2.16. The number of imide groups is 1. The molecule has 0 bridgehead atoms. The number of carbonyl (C=O) groups excluding carboxylic acids is 3. The number of fused-ring (bicyclic) bond motifs is 2. The highest BCUT2D eigenvalue weighted by Crippen LogP contribution is 2.34. The maximum Gasteiger partial charge on any atom is 0.294 e. The second kappa shape index (κ2) is 10.5. The minimum atomic E-state index is -0.461. The number of benzene rings is 4. The molecule has 0 saturated carbocycles. The van der Waals surface area contributed by atoms with E-state index in [1.807, 2.05) is 68.6 Å². The summed E-state index contributed by atoms with van der Waals surface area (Å²) in [6.45, 7) is 4.23. The van der Waals surface area contributed by atoms with E-state index in [1.165, 1.54) is 16.3 Å². The van der Waals surface area contributed by atoms with Crippen molar-refractivity contribution in [1.82, 2.24) is 9.47 Å². The Morgan fingerprint density at radius 2 is 1.60 bits per heavy atom. The Morgan fingerprint density at radius 3 is 2.40 bits per heavy atom. The normalized spacial score (nSPS) is 14.6. The number of carbonyl (C=O) groups is 3. The number of aromatic nitrogens is 1. The number of para-hydroxylation sites is 1. The number of thioether (sulfide) groups is 1. The zero-order valence-electron chi connectivity index (χ0n) is 22.2. The van der Waals surface area contributed by atoms with E-state index in [9.17, 15) is 14.4 Å². The lowest BCUT2D eigenvalue weighted by atomic mass is 10.1. The van der Waals surface area contributed by atoms with Gasteiger partial charge >= 0.3 is 0 Å². The predicted octanol–water partition coefficient (Wildman–Crippen LogP) is 7.13. The van der Waals surface area contributed by atoms with Crippen molar-refractivity contribution in [3.63, 3.8) is 0 Å². The predicted molar refractivity (Wildman–Crippen MR) is 162 cm³/mol. The van der Waals surface area contributed by atoms with Crippen LogP contribution in [0.2, 0.25) is 0 Å². The fraction of sp³-hybridized carbons (Fsp3) is 0.121. The van der Waals surface area contributed by atoms with Gasteiger partial charge in [0, 0.05) is 34.9 Å². The van der Waals surface area contributed by atoms with Gasteiger partial charge in [-0.3, -0.25) is 19.3 Å². The monoisotopic (exact) mass is 545 g/mol. The van der Waals surface area contributed by atoms with E-state index < -0.39 is 17.1 Å². The number of nitrogens with one attached hydrogen (secondary N) is 1. The van der Waals surface area contributed by atoms with Gasteiger partial charge in [0.05, 0.1) is 4.91 Å². The van der Waals surface area contributed by atoms with Gasteiger partial charge in [-0.05, 0) is 83.4 Å². The molecule has 1 N–H and O–H groups in total. The van der Waals surface area contributed by atoms with Crippen LogP contribution in [0.3, 0.4) is 0 Å². The minimum Gasteiger partial charge on any atom is -0.342 e. The van der Waals surface area contributed by atoms with E-state index in [0.717, 1.165) is 44.3 Å². The van der Waals surface area contributed by atoms with Gasteiger partial charge in [-0.15, -0.1) is 0 Å². The topological polar surface area (TPSA) is 71.4 Å². The zero-order chi connectivity index (χ0) is 27.8. The largest absolute Gasteiger partial charge is 0.342 e. The molecule has 0 aliphatic carbocycles. The summed E-state index contributed by atoms with van der Waals surface area (Å²) >= 11 is 0.862. The number of hydrogen-bond donors (Lipinski definition) is 1. The van der Waals surface area contributed by atoms with E-state index in [-0.39, 0.29) is 6.54 Å². The van der Waals surface area contributed by atoms with Gasteiger partial charge in [-0.1, -0.05) is 60.7 Å². The van der Waals surface area contributed by atoms with Crippen molar-refractivity contribution < 1.29 is 14.4 Å². The van der Waals surface area contributed by atoms with Crippen molar-refractivity contribution in [2.75, 3.05) is 11.9 Å². The van der Waals surface area contributed by atoms with Gasteiger partial charge in [0.1, 0.15) is 6.54 Å². The molecule has 3 amide bonds. The quantitative estimate of drug-likeness (QED) is 0.230. The van der Waals surface area contributed by atoms with E-state index in [0.29, 0.717) is 17.1 Å². The Balaban J connectivity index is 1.24. The molecule has 0 atom stereocenters. The van der Waals surface area contributed by atoms with Gasteiger partial charge in [0.25, 0.3) is 11.1 Å². The molecule has 5 aromatic rings. The van der Waals surface area contributed by atoms with Crippen LogP contribution in [0.5, 0.6) is 0 Å². The number of anilines is 1. The maximum absolute atomic E-state index is 13.2. The SMILES string of the molecule is Cc1cc(C)cc(NC(=O)CN2C(=O)S/C(=C\c3cn(Cc4ccc5ccccc5c4)c4ccccc34)C2=O)c1. The van der Waals surface area contributed by atoms with Crippen molar-refractivity contribution in [3.8, 4) is 0 Å². The zero-order valence-corrected chi connectivity index (χ0v) is 23.0. The summed E-state index contributed by atoms with van der Waals surface area (Å²) in [5, 5.41) is 5.72. The molecule has 1 aromatic heterocycles. The highest BCUT2D eigenvalue weighted by atomic mass is 32.2. The fourth-order valence-corrected chi connectivity index (χ4v) is 6.05. The van der Waals surface area contributed by atoms with Crippen LogP contribution >= 0.6 is 11.8 Å². The van der Waals surface area contributed by atoms with Crippen molar-refractivity contribution in [3.05, 3.63) is 118 Å². The molecule has 0 radical (unpaired) electrons. The molecule has 6 nitrogen and oxygen atoms in total. The van der Waals surface area contributed by atoms with Crippen molar-refractivity contribution in [2.24, 2.45) is 0 Å². The summed E-state index contributed by atoms with van der Waals surface area (Å²) in [5.74, 6) is -0.877. The molecule has 40 heavy (non-hydrogen) atoms. The average molecular weight is 546 g/mol. The van der Waals surface area contributed by atoms with Gasteiger partial charge < -0.3 is 9.88 Å². The molecular formula is C33H27N3O3S. The van der Waals surface area contributed by atoms with Crippen LogP contribution in [0.1, 0.15) is 22.3 Å². The third-order valence-electron chi connectivity index (χ3n) is 6.95. The Hall–Kier alpha value is -4.62. The third-order valence-corrected chi connectivity index (χ3v) is 7.86. The molecule has 7 heteroatoms. The van der Waals surface area contributed by atoms with Crippen LogP contribution < -0.4 is 5.32 Å². The highest BCUT2D eigenvalue weighted by Gasteiger charge is 2.36. The second-order valence-corrected chi connectivity index (χ2v) is 11.1. The Kier molecular flexibility index (Phi) is 6.74. The molecule has 0 unspecified atom stereocenters. The molecule has 1 aliphatic rings. The summed E-state index contributed by atoms with van der Waals surface area (Å²) in [7, 11) is 0. The van der Waals surface area contributed by atoms with Crippen LogP contribution in [0.25, 0.3) is 27.8 Å². The number of aryl methyl sites for hydroxylation is 2. The molecular weight excluding hydrogens is 518 g/mol. The summed E-state index contributed by atoms with van der Waals surface area (Å²) in [5.41, 5.74) is 5.73. The Bertz CT molecular complexity index is 1830. The fourth-order valence-electron chi connectivity index (χ4n) is 5.22. The van der Waals surface area contributed by atoms with Crippen LogP contribution in [-0.2, 0) is 16.1 Å². The maximum atomic E-state index is 13.2.